The summed E-state index contributed by atoms with van der Waals surface area (Å²) in [6.07, 6.45) is 3.57. The Balaban J connectivity index is 0.00000280. The predicted molar refractivity (Wildman–Crippen MR) is 129 cm³/mol. The Bertz CT molecular complexity index is 756. The fraction of sp³-hybridized carbons (Fsp3) is 0.619. The van der Waals surface area contributed by atoms with E-state index in [4.69, 9.17) is 0 Å². The van der Waals surface area contributed by atoms with E-state index in [0.717, 1.165) is 49.3 Å². The molecule has 0 bridgehead atoms. The molecule has 1 fully saturated rings. The first kappa shape index (κ1) is 22.9. The molecule has 0 amide bonds. The summed E-state index contributed by atoms with van der Waals surface area (Å²) in [5, 5.41) is 6.95. The second-order valence-corrected chi connectivity index (χ2v) is 7.49. The number of fused-ring (bicyclic) bond motifs is 1. The number of hydrogen-bond acceptors (Lipinski definition) is 3. The lowest BCUT2D eigenvalue weighted by Crippen LogP contribution is -2.40. The second kappa shape index (κ2) is 11.6. The largest absolute Gasteiger partial charge is 0.356 e. The molecule has 1 unspecified atom stereocenters. The van der Waals surface area contributed by atoms with Gasteiger partial charge in [-0.25, -0.2) is 4.98 Å². The van der Waals surface area contributed by atoms with Crippen molar-refractivity contribution in [2.24, 2.45) is 10.9 Å². The molecule has 0 spiro atoms. The Morgan fingerprint density at radius 3 is 2.86 bits per heavy atom. The molecule has 7 heteroatoms. The minimum absolute atomic E-state index is 0. The number of hydrogen-bond donors (Lipinski definition) is 2. The number of benzene rings is 1. The van der Waals surface area contributed by atoms with Crippen LogP contribution in [0.25, 0.3) is 11.0 Å². The molecule has 6 nitrogen and oxygen atoms in total. The molecule has 28 heavy (non-hydrogen) atoms. The molecule has 1 saturated heterocycles. The summed E-state index contributed by atoms with van der Waals surface area (Å²) < 4.78 is 2.30. The van der Waals surface area contributed by atoms with Gasteiger partial charge in [0.05, 0.1) is 11.0 Å². The van der Waals surface area contributed by atoms with Gasteiger partial charge in [-0.1, -0.05) is 19.1 Å². The van der Waals surface area contributed by atoms with Crippen molar-refractivity contribution in [3.8, 4) is 0 Å². The molecule has 1 aliphatic heterocycles. The van der Waals surface area contributed by atoms with E-state index in [9.17, 15) is 0 Å². The first-order valence-electron chi connectivity index (χ1n) is 10.3. The maximum atomic E-state index is 4.64. The molecular formula is C21H35IN6. The summed E-state index contributed by atoms with van der Waals surface area (Å²) in [6, 6.07) is 8.34. The van der Waals surface area contributed by atoms with Crippen LogP contribution in [0.5, 0.6) is 0 Å². The van der Waals surface area contributed by atoms with Crippen LogP contribution in [-0.2, 0) is 6.54 Å². The number of halogens is 1. The van der Waals surface area contributed by atoms with Crippen molar-refractivity contribution in [1.82, 2.24) is 25.1 Å². The number of nitrogens with zero attached hydrogens (tertiary/aromatic N) is 4. The van der Waals surface area contributed by atoms with Crippen LogP contribution in [0.15, 0.2) is 29.3 Å². The Labute approximate surface area is 186 Å². The topological polar surface area (TPSA) is 57.5 Å². The van der Waals surface area contributed by atoms with Crippen molar-refractivity contribution >= 4 is 41.0 Å². The quantitative estimate of drug-likeness (QED) is 0.254. The van der Waals surface area contributed by atoms with Gasteiger partial charge in [0.15, 0.2) is 5.96 Å². The highest BCUT2D eigenvalue weighted by atomic mass is 127. The maximum absolute atomic E-state index is 4.64. The second-order valence-electron chi connectivity index (χ2n) is 7.49. The highest BCUT2D eigenvalue weighted by molar-refractivity contribution is 14.0. The van der Waals surface area contributed by atoms with Gasteiger partial charge in [-0.05, 0) is 57.3 Å². The van der Waals surface area contributed by atoms with Crippen LogP contribution in [0.2, 0.25) is 0 Å². The molecule has 0 saturated carbocycles. The zero-order valence-corrected chi connectivity index (χ0v) is 19.8. The first-order valence-corrected chi connectivity index (χ1v) is 10.3. The number of aryl methyl sites for hydroxylation is 2. The molecule has 1 aliphatic rings. The number of rotatable bonds is 8. The van der Waals surface area contributed by atoms with Crippen molar-refractivity contribution in [2.75, 3.05) is 39.8 Å². The maximum Gasteiger partial charge on any atom is 0.190 e. The number of aliphatic imine (C=N–C) groups is 1. The number of likely N-dealkylation sites (tertiary alicyclic amines) is 1. The van der Waals surface area contributed by atoms with E-state index in [1.165, 1.54) is 38.0 Å². The molecule has 156 valence electrons. The van der Waals surface area contributed by atoms with Crippen molar-refractivity contribution in [3.05, 3.63) is 30.1 Å². The zero-order valence-electron chi connectivity index (χ0n) is 17.4. The summed E-state index contributed by atoms with van der Waals surface area (Å²) in [5.41, 5.74) is 2.30. The highest BCUT2D eigenvalue weighted by Gasteiger charge is 2.21. The van der Waals surface area contributed by atoms with Crippen LogP contribution in [0.4, 0.5) is 0 Å². The Morgan fingerprint density at radius 2 is 2.07 bits per heavy atom. The SMILES string of the molecule is CCCN1CCC(CNC(=NC)NCCCn2c(C)nc3ccccc32)C1.I. The van der Waals surface area contributed by atoms with Gasteiger partial charge < -0.3 is 20.1 Å². The molecule has 3 rings (SSSR count). The molecule has 1 aromatic carbocycles. The van der Waals surface area contributed by atoms with Gasteiger partial charge in [0.2, 0.25) is 0 Å². The fourth-order valence-electron chi connectivity index (χ4n) is 3.98. The third-order valence-electron chi connectivity index (χ3n) is 5.39. The molecule has 1 atom stereocenters. The van der Waals surface area contributed by atoms with Crippen molar-refractivity contribution in [3.63, 3.8) is 0 Å². The van der Waals surface area contributed by atoms with Crippen LogP contribution in [0.3, 0.4) is 0 Å². The standard InChI is InChI=1S/C21H34N6.HI/c1-4-12-26-14-10-18(16-26)15-24-21(22-3)23-11-7-13-27-17(2)25-19-8-5-6-9-20(19)27;/h5-6,8-9,18H,4,7,10-16H2,1-3H3,(H2,22,23,24);1H. The highest BCUT2D eigenvalue weighted by Crippen LogP contribution is 2.16. The smallest absolute Gasteiger partial charge is 0.190 e. The van der Waals surface area contributed by atoms with Crippen LogP contribution in [0.1, 0.15) is 32.0 Å². The Morgan fingerprint density at radius 1 is 1.25 bits per heavy atom. The van der Waals surface area contributed by atoms with Gasteiger partial charge in [-0.3, -0.25) is 4.99 Å². The van der Waals surface area contributed by atoms with E-state index in [1.54, 1.807) is 0 Å². The zero-order chi connectivity index (χ0) is 19.1. The van der Waals surface area contributed by atoms with Crippen LogP contribution in [0, 0.1) is 12.8 Å². The number of aromatic nitrogens is 2. The normalized spacial score (nSPS) is 17.7. The molecule has 2 N–H and O–H groups in total. The summed E-state index contributed by atoms with van der Waals surface area (Å²) in [4.78, 5) is 11.6. The van der Waals surface area contributed by atoms with E-state index in [1.807, 2.05) is 13.1 Å². The van der Waals surface area contributed by atoms with Crippen molar-refractivity contribution in [1.29, 1.82) is 0 Å². The van der Waals surface area contributed by atoms with Gasteiger partial charge in [0.1, 0.15) is 5.82 Å². The number of guanidine groups is 1. The number of para-hydroxylation sites is 2. The average Bonchev–Trinajstić information content (AvgIpc) is 3.25. The van der Waals surface area contributed by atoms with Gasteiger partial charge in [-0.2, -0.15) is 0 Å². The van der Waals surface area contributed by atoms with E-state index in [-0.39, 0.29) is 24.0 Å². The van der Waals surface area contributed by atoms with Gasteiger partial charge >= 0.3 is 0 Å². The number of imidazole rings is 1. The number of nitrogens with one attached hydrogen (secondary N) is 2. The first-order chi connectivity index (χ1) is 13.2. The minimum atomic E-state index is 0. The van der Waals surface area contributed by atoms with E-state index in [0.29, 0.717) is 0 Å². The third kappa shape index (κ3) is 6.07. The van der Waals surface area contributed by atoms with E-state index < -0.39 is 0 Å². The Kier molecular flexibility index (Phi) is 9.50. The van der Waals surface area contributed by atoms with E-state index in [2.05, 4.69) is 62.1 Å². The molecule has 2 heterocycles. The van der Waals surface area contributed by atoms with Gasteiger partial charge in [0.25, 0.3) is 0 Å². The molecule has 0 radical (unpaired) electrons. The van der Waals surface area contributed by atoms with Crippen molar-refractivity contribution in [2.45, 2.75) is 39.7 Å². The van der Waals surface area contributed by atoms with Gasteiger partial charge in [-0.15, -0.1) is 24.0 Å². The van der Waals surface area contributed by atoms with Crippen LogP contribution < -0.4 is 10.6 Å². The van der Waals surface area contributed by atoms with Gasteiger partial charge in [0, 0.05) is 33.2 Å². The fourth-order valence-corrected chi connectivity index (χ4v) is 3.98. The summed E-state index contributed by atoms with van der Waals surface area (Å²) in [5.74, 6) is 2.72. The molecular weight excluding hydrogens is 463 g/mol. The minimum Gasteiger partial charge on any atom is -0.356 e. The van der Waals surface area contributed by atoms with Crippen LogP contribution in [-0.4, -0.2) is 60.2 Å². The Hall–Kier alpha value is -1.35. The lowest BCUT2D eigenvalue weighted by atomic mass is 10.1. The predicted octanol–water partition coefficient (Wildman–Crippen LogP) is 3.25. The lowest BCUT2D eigenvalue weighted by molar-refractivity contribution is 0.324. The summed E-state index contributed by atoms with van der Waals surface area (Å²) in [6.45, 7) is 10.9. The van der Waals surface area contributed by atoms with Crippen LogP contribution >= 0.6 is 24.0 Å². The van der Waals surface area contributed by atoms with E-state index >= 15 is 0 Å². The average molecular weight is 498 g/mol. The summed E-state index contributed by atoms with van der Waals surface area (Å²) in [7, 11) is 1.85. The summed E-state index contributed by atoms with van der Waals surface area (Å²) >= 11 is 0. The lowest BCUT2D eigenvalue weighted by Gasteiger charge is -2.17. The van der Waals surface area contributed by atoms with Crippen molar-refractivity contribution < 1.29 is 0 Å². The molecule has 2 aromatic rings. The monoisotopic (exact) mass is 498 g/mol. The molecule has 1 aromatic heterocycles. The third-order valence-corrected chi connectivity index (χ3v) is 5.39. The molecule has 0 aliphatic carbocycles.